The lowest BCUT2D eigenvalue weighted by Crippen LogP contribution is -2.19. The van der Waals surface area contributed by atoms with E-state index in [1.54, 1.807) is 0 Å². The van der Waals surface area contributed by atoms with Gasteiger partial charge in [-0.3, -0.25) is 0 Å². The van der Waals surface area contributed by atoms with Gasteiger partial charge in [0.05, 0.1) is 11.6 Å². The summed E-state index contributed by atoms with van der Waals surface area (Å²) in [6.45, 7) is 2.28. The average Bonchev–Trinajstić information content (AvgIpc) is 2.71. The maximum absolute atomic E-state index is 5.72. The van der Waals surface area contributed by atoms with Gasteiger partial charge >= 0.3 is 0 Å². The third-order valence-corrected chi connectivity index (χ3v) is 2.63. The smallest absolute Gasteiger partial charge is 0.128 e. The minimum Gasteiger partial charge on any atom is -0.357 e. The SMILES string of the molecule is ClCc1cccc(N2CCCC2)n1. The summed E-state index contributed by atoms with van der Waals surface area (Å²) in [7, 11) is 0. The van der Waals surface area contributed by atoms with E-state index in [1.165, 1.54) is 12.8 Å². The normalized spacial score (nSPS) is 16.5. The van der Waals surface area contributed by atoms with Gasteiger partial charge in [-0.2, -0.15) is 0 Å². The fraction of sp³-hybridized carbons (Fsp3) is 0.500. The maximum atomic E-state index is 5.72. The standard InChI is InChI=1S/C10H13ClN2/c11-8-9-4-3-5-10(12-9)13-6-1-2-7-13/h3-5H,1-2,6-8H2. The largest absolute Gasteiger partial charge is 0.357 e. The molecule has 0 spiro atoms. The monoisotopic (exact) mass is 196 g/mol. The van der Waals surface area contributed by atoms with Gasteiger partial charge in [-0.25, -0.2) is 4.98 Å². The highest BCUT2D eigenvalue weighted by Crippen LogP contribution is 2.18. The second-order valence-corrected chi connectivity index (χ2v) is 3.58. The van der Waals surface area contributed by atoms with E-state index < -0.39 is 0 Å². The Balaban J connectivity index is 2.18. The second kappa shape index (κ2) is 3.97. The first-order valence-electron chi connectivity index (χ1n) is 4.67. The summed E-state index contributed by atoms with van der Waals surface area (Å²) >= 11 is 5.72. The zero-order chi connectivity index (χ0) is 9.10. The molecule has 0 bridgehead atoms. The van der Waals surface area contributed by atoms with Crippen LogP contribution in [0.25, 0.3) is 0 Å². The minimum absolute atomic E-state index is 0.502. The molecule has 1 aromatic rings. The molecule has 13 heavy (non-hydrogen) atoms. The molecular weight excluding hydrogens is 184 g/mol. The minimum atomic E-state index is 0.502. The molecule has 0 amide bonds. The summed E-state index contributed by atoms with van der Waals surface area (Å²) in [5.41, 5.74) is 0.964. The average molecular weight is 197 g/mol. The molecule has 1 aromatic heterocycles. The molecule has 0 N–H and O–H groups in total. The molecule has 2 heterocycles. The topological polar surface area (TPSA) is 16.1 Å². The fourth-order valence-corrected chi connectivity index (χ4v) is 1.81. The zero-order valence-corrected chi connectivity index (χ0v) is 8.30. The van der Waals surface area contributed by atoms with E-state index in [9.17, 15) is 0 Å². The molecule has 1 aliphatic heterocycles. The van der Waals surface area contributed by atoms with E-state index in [1.807, 2.05) is 12.1 Å². The van der Waals surface area contributed by atoms with Gasteiger partial charge in [0.2, 0.25) is 0 Å². The van der Waals surface area contributed by atoms with Crippen molar-refractivity contribution in [2.24, 2.45) is 0 Å². The Morgan fingerprint density at radius 3 is 2.77 bits per heavy atom. The van der Waals surface area contributed by atoms with Crippen LogP contribution in [0.2, 0.25) is 0 Å². The number of aromatic nitrogens is 1. The molecule has 2 nitrogen and oxygen atoms in total. The molecule has 2 rings (SSSR count). The van der Waals surface area contributed by atoms with Crippen LogP contribution in [0.15, 0.2) is 18.2 Å². The maximum Gasteiger partial charge on any atom is 0.128 e. The van der Waals surface area contributed by atoms with Crippen LogP contribution in [0.3, 0.4) is 0 Å². The molecule has 1 fully saturated rings. The van der Waals surface area contributed by atoms with E-state index in [4.69, 9.17) is 11.6 Å². The van der Waals surface area contributed by atoms with Crippen LogP contribution in [0, 0.1) is 0 Å². The molecule has 3 heteroatoms. The highest BCUT2D eigenvalue weighted by Gasteiger charge is 2.12. The summed E-state index contributed by atoms with van der Waals surface area (Å²) in [6, 6.07) is 6.05. The third-order valence-electron chi connectivity index (χ3n) is 2.36. The van der Waals surface area contributed by atoms with Crippen molar-refractivity contribution >= 4 is 17.4 Å². The molecule has 70 valence electrons. The molecule has 0 aliphatic carbocycles. The molecule has 0 unspecified atom stereocenters. The highest BCUT2D eigenvalue weighted by atomic mass is 35.5. The summed E-state index contributed by atoms with van der Waals surface area (Å²) in [4.78, 5) is 6.78. The Morgan fingerprint density at radius 2 is 2.08 bits per heavy atom. The number of nitrogens with zero attached hydrogens (tertiary/aromatic N) is 2. The quantitative estimate of drug-likeness (QED) is 0.676. The molecule has 0 saturated carbocycles. The molecule has 0 radical (unpaired) electrons. The van der Waals surface area contributed by atoms with Crippen molar-refractivity contribution in [3.05, 3.63) is 23.9 Å². The van der Waals surface area contributed by atoms with E-state index in [-0.39, 0.29) is 0 Å². The van der Waals surface area contributed by atoms with Crippen LogP contribution >= 0.6 is 11.6 Å². The molecule has 1 saturated heterocycles. The Morgan fingerprint density at radius 1 is 1.31 bits per heavy atom. The molecule has 1 aliphatic rings. The van der Waals surface area contributed by atoms with Gasteiger partial charge in [-0.1, -0.05) is 6.07 Å². The van der Waals surface area contributed by atoms with Crippen LogP contribution in [0.4, 0.5) is 5.82 Å². The summed E-state index contributed by atoms with van der Waals surface area (Å²) in [5.74, 6) is 1.58. The molecule has 0 aromatic carbocycles. The molecular formula is C10H13ClN2. The first-order valence-corrected chi connectivity index (χ1v) is 5.20. The van der Waals surface area contributed by atoms with Crippen molar-refractivity contribution in [3.8, 4) is 0 Å². The second-order valence-electron chi connectivity index (χ2n) is 3.31. The fourth-order valence-electron chi connectivity index (χ4n) is 1.66. The van der Waals surface area contributed by atoms with Crippen molar-refractivity contribution in [2.75, 3.05) is 18.0 Å². The van der Waals surface area contributed by atoms with Gasteiger partial charge in [0.15, 0.2) is 0 Å². The van der Waals surface area contributed by atoms with Crippen LogP contribution in [-0.4, -0.2) is 18.1 Å². The van der Waals surface area contributed by atoms with Crippen molar-refractivity contribution in [1.82, 2.24) is 4.98 Å². The first-order chi connectivity index (χ1) is 6.40. The first kappa shape index (κ1) is 8.82. The predicted molar refractivity (Wildman–Crippen MR) is 55.2 cm³/mol. The third kappa shape index (κ3) is 1.94. The van der Waals surface area contributed by atoms with Gasteiger partial charge < -0.3 is 4.90 Å². The van der Waals surface area contributed by atoms with Crippen LogP contribution in [0.1, 0.15) is 18.5 Å². The van der Waals surface area contributed by atoms with E-state index in [0.29, 0.717) is 5.88 Å². The van der Waals surface area contributed by atoms with E-state index >= 15 is 0 Å². The Kier molecular flexibility index (Phi) is 2.69. The lowest BCUT2D eigenvalue weighted by Gasteiger charge is -2.16. The number of hydrogen-bond acceptors (Lipinski definition) is 2. The molecule has 0 atom stereocenters. The lowest BCUT2D eigenvalue weighted by atomic mass is 10.3. The van der Waals surface area contributed by atoms with Crippen molar-refractivity contribution < 1.29 is 0 Å². The van der Waals surface area contributed by atoms with Gasteiger partial charge in [-0.05, 0) is 25.0 Å². The highest BCUT2D eigenvalue weighted by molar-refractivity contribution is 6.16. The number of hydrogen-bond donors (Lipinski definition) is 0. The Hall–Kier alpha value is -0.760. The van der Waals surface area contributed by atoms with Crippen LogP contribution in [0.5, 0.6) is 0 Å². The summed E-state index contributed by atoms with van der Waals surface area (Å²) in [6.07, 6.45) is 2.57. The van der Waals surface area contributed by atoms with Crippen molar-refractivity contribution in [3.63, 3.8) is 0 Å². The van der Waals surface area contributed by atoms with Gasteiger partial charge in [0.25, 0.3) is 0 Å². The lowest BCUT2D eigenvalue weighted by molar-refractivity contribution is 0.927. The Labute approximate surface area is 83.5 Å². The number of pyridine rings is 1. The summed E-state index contributed by atoms with van der Waals surface area (Å²) < 4.78 is 0. The van der Waals surface area contributed by atoms with E-state index in [0.717, 1.165) is 24.6 Å². The number of halogens is 1. The van der Waals surface area contributed by atoms with Crippen molar-refractivity contribution in [1.29, 1.82) is 0 Å². The number of alkyl halides is 1. The Bertz CT molecular complexity index is 282. The zero-order valence-electron chi connectivity index (χ0n) is 7.54. The van der Waals surface area contributed by atoms with Gasteiger partial charge in [-0.15, -0.1) is 11.6 Å². The van der Waals surface area contributed by atoms with Gasteiger partial charge in [0, 0.05) is 13.1 Å². The van der Waals surface area contributed by atoms with E-state index in [2.05, 4.69) is 16.0 Å². The van der Waals surface area contributed by atoms with Gasteiger partial charge in [0.1, 0.15) is 5.82 Å². The van der Waals surface area contributed by atoms with Crippen LogP contribution < -0.4 is 4.90 Å². The predicted octanol–water partition coefficient (Wildman–Crippen LogP) is 2.42. The van der Waals surface area contributed by atoms with Crippen LogP contribution in [-0.2, 0) is 5.88 Å². The summed E-state index contributed by atoms with van der Waals surface area (Å²) in [5, 5.41) is 0. The van der Waals surface area contributed by atoms with Crippen molar-refractivity contribution in [2.45, 2.75) is 18.7 Å². The number of anilines is 1. The number of rotatable bonds is 2.